The Labute approximate surface area is 167 Å². The zero-order valence-corrected chi connectivity index (χ0v) is 16.2. The fraction of sp³-hybridized carbons (Fsp3) is 0.190. The van der Waals surface area contributed by atoms with E-state index >= 15 is 0 Å². The molecule has 6 nitrogen and oxygen atoms in total. The van der Waals surface area contributed by atoms with Crippen molar-refractivity contribution in [3.63, 3.8) is 0 Å². The van der Waals surface area contributed by atoms with Gasteiger partial charge in [0, 0.05) is 24.7 Å². The van der Waals surface area contributed by atoms with Crippen LogP contribution in [0.2, 0.25) is 5.02 Å². The van der Waals surface area contributed by atoms with Gasteiger partial charge in [-0.2, -0.15) is 5.10 Å². The first-order valence-corrected chi connectivity index (χ1v) is 9.17. The monoisotopic (exact) mass is 397 g/mol. The zero-order chi connectivity index (χ0) is 19.9. The molecule has 0 saturated carbocycles. The molecule has 0 spiro atoms. The summed E-state index contributed by atoms with van der Waals surface area (Å²) in [5.74, 6) is 0.417. The van der Waals surface area contributed by atoms with Crippen molar-refractivity contribution in [1.82, 2.24) is 14.7 Å². The number of rotatable bonds is 7. The van der Waals surface area contributed by atoms with Gasteiger partial charge < -0.3 is 9.64 Å². The van der Waals surface area contributed by atoms with Crippen molar-refractivity contribution in [2.45, 2.75) is 13.1 Å². The van der Waals surface area contributed by atoms with Gasteiger partial charge in [0.05, 0.1) is 6.54 Å². The zero-order valence-electron chi connectivity index (χ0n) is 15.4. The van der Waals surface area contributed by atoms with Gasteiger partial charge in [0.2, 0.25) is 0 Å². The van der Waals surface area contributed by atoms with Crippen molar-refractivity contribution >= 4 is 17.5 Å². The van der Waals surface area contributed by atoms with E-state index in [0.29, 0.717) is 17.3 Å². The van der Waals surface area contributed by atoms with Gasteiger partial charge >= 0.3 is 0 Å². The molecule has 7 heteroatoms. The van der Waals surface area contributed by atoms with E-state index in [9.17, 15) is 9.59 Å². The molecule has 0 aliphatic carbocycles. The summed E-state index contributed by atoms with van der Waals surface area (Å²) < 4.78 is 6.83. The molecule has 1 heterocycles. The van der Waals surface area contributed by atoms with Crippen LogP contribution < -0.4 is 10.3 Å². The van der Waals surface area contributed by atoms with Crippen LogP contribution in [0, 0.1) is 0 Å². The summed E-state index contributed by atoms with van der Waals surface area (Å²) in [6, 6.07) is 19.4. The molecule has 3 aromatic rings. The Balaban J connectivity index is 1.66. The number of amides is 1. The Bertz CT molecular complexity index is 1010. The topological polar surface area (TPSA) is 64.4 Å². The summed E-state index contributed by atoms with van der Waals surface area (Å²) in [6.45, 7) is 0.851. The maximum atomic E-state index is 12.7. The summed E-state index contributed by atoms with van der Waals surface area (Å²) in [7, 11) is 1.67. The van der Waals surface area contributed by atoms with Crippen molar-refractivity contribution in [2.75, 3.05) is 13.7 Å². The lowest BCUT2D eigenvalue weighted by Crippen LogP contribution is -2.31. The van der Waals surface area contributed by atoms with Gasteiger partial charge in [0.15, 0.2) is 0 Å². The second-order valence-corrected chi connectivity index (χ2v) is 6.60. The van der Waals surface area contributed by atoms with Crippen LogP contribution in [0.25, 0.3) is 0 Å². The predicted octanol–water partition coefficient (Wildman–Crippen LogP) is 3.25. The van der Waals surface area contributed by atoms with Gasteiger partial charge in [-0.15, -0.1) is 0 Å². The van der Waals surface area contributed by atoms with Crippen molar-refractivity contribution in [3.8, 4) is 5.75 Å². The third-order valence-electron chi connectivity index (χ3n) is 4.11. The van der Waals surface area contributed by atoms with E-state index in [0.717, 1.165) is 5.56 Å². The molecule has 0 saturated heterocycles. The molecule has 1 aromatic heterocycles. The van der Waals surface area contributed by atoms with Gasteiger partial charge in [-0.05, 0) is 29.8 Å². The highest BCUT2D eigenvalue weighted by molar-refractivity contribution is 6.31. The second kappa shape index (κ2) is 9.19. The molecule has 0 aliphatic heterocycles. The first kappa shape index (κ1) is 19.6. The highest BCUT2D eigenvalue weighted by Gasteiger charge is 2.16. The number of carbonyl (C=O) groups is 1. The van der Waals surface area contributed by atoms with Crippen LogP contribution in [0.15, 0.2) is 71.5 Å². The summed E-state index contributed by atoms with van der Waals surface area (Å²) in [5.41, 5.74) is 0.737. The van der Waals surface area contributed by atoms with E-state index in [1.54, 1.807) is 13.1 Å². The Morgan fingerprint density at radius 1 is 1.07 bits per heavy atom. The molecule has 1 amide bonds. The molecular formula is C21H20ClN3O3. The van der Waals surface area contributed by atoms with Crippen molar-refractivity contribution < 1.29 is 9.53 Å². The number of aromatic nitrogens is 2. The van der Waals surface area contributed by atoms with E-state index in [-0.39, 0.29) is 30.3 Å². The summed E-state index contributed by atoms with van der Waals surface area (Å²) in [4.78, 5) is 26.3. The SMILES string of the molecule is CN(Cc1ccccc1Cl)C(=O)c1ccc(=O)n(CCOc2ccccc2)n1. The lowest BCUT2D eigenvalue weighted by molar-refractivity contribution is 0.0776. The van der Waals surface area contributed by atoms with Crippen molar-refractivity contribution in [1.29, 1.82) is 0 Å². The summed E-state index contributed by atoms with van der Waals surface area (Å²) in [6.07, 6.45) is 0. The molecular weight excluding hydrogens is 378 g/mol. The molecule has 0 atom stereocenters. The maximum Gasteiger partial charge on any atom is 0.274 e. The van der Waals surface area contributed by atoms with E-state index in [4.69, 9.17) is 16.3 Å². The molecule has 0 unspecified atom stereocenters. The minimum atomic E-state index is -0.294. The van der Waals surface area contributed by atoms with Gasteiger partial charge in [0.1, 0.15) is 18.1 Å². The van der Waals surface area contributed by atoms with Crippen LogP contribution in [0.4, 0.5) is 0 Å². The fourth-order valence-electron chi connectivity index (χ4n) is 2.64. The second-order valence-electron chi connectivity index (χ2n) is 6.19. The third kappa shape index (κ3) is 4.98. The fourth-order valence-corrected chi connectivity index (χ4v) is 2.83. The molecule has 28 heavy (non-hydrogen) atoms. The minimum Gasteiger partial charge on any atom is -0.492 e. The third-order valence-corrected chi connectivity index (χ3v) is 4.48. The number of nitrogens with zero attached hydrogens (tertiary/aromatic N) is 3. The molecule has 0 radical (unpaired) electrons. The maximum absolute atomic E-state index is 12.7. The highest BCUT2D eigenvalue weighted by Crippen LogP contribution is 2.17. The number of halogens is 1. The smallest absolute Gasteiger partial charge is 0.274 e. The van der Waals surface area contributed by atoms with E-state index in [1.165, 1.54) is 21.7 Å². The van der Waals surface area contributed by atoms with Gasteiger partial charge in [-0.3, -0.25) is 9.59 Å². The van der Waals surface area contributed by atoms with Gasteiger partial charge in [-0.1, -0.05) is 48.0 Å². The first-order valence-electron chi connectivity index (χ1n) is 8.79. The van der Waals surface area contributed by atoms with E-state index < -0.39 is 0 Å². The van der Waals surface area contributed by atoms with Crippen molar-refractivity contribution in [3.05, 3.63) is 93.4 Å². The molecule has 2 aromatic carbocycles. The summed E-state index contributed by atoms with van der Waals surface area (Å²) >= 11 is 6.16. The quantitative estimate of drug-likeness (QED) is 0.614. The van der Waals surface area contributed by atoms with Crippen LogP contribution in [0.3, 0.4) is 0 Å². The average Bonchev–Trinajstić information content (AvgIpc) is 2.71. The Morgan fingerprint density at radius 2 is 1.79 bits per heavy atom. The Kier molecular flexibility index (Phi) is 6.45. The Morgan fingerprint density at radius 3 is 2.54 bits per heavy atom. The van der Waals surface area contributed by atoms with Crippen LogP contribution >= 0.6 is 11.6 Å². The normalized spacial score (nSPS) is 10.5. The molecule has 0 aliphatic rings. The average molecular weight is 398 g/mol. The molecule has 0 bridgehead atoms. The molecule has 144 valence electrons. The molecule has 0 N–H and O–H groups in total. The standard InChI is InChI=1S/C21H20ClN3O3/c1-24(15-16-7-5-6-10-18(16)22)21(27)19-11-12-20(26)25(23-19)13-14-28-17-8-3-2-4-9-17/h2-12H,13-15H2,1H3. The van der Waals surface area contributed by atoms with Gasteiger partial charge in [-0.25, -0.2) is 4.68 Å². The number of carbonyl (C=O) groups excluding carboxylic acids is 1. The van der Waals surface area contributed by atoms with Crippen LogP contribution in [-0.4, -0.2) is 34.2 Å². The lowest BCUT2D eigenvalue weighted by atomic mass is 10.2. The van der Waals surface area contributed by atoms with E-state index in [1.807, 2.05) is 48.5 Å². The predicted molar refractivity (Wildman–Crippen MR) is 108 cm³/mol. The molecule has 0 fully saturated rings. The first-order chi connectivity index (χ1) is 13.5. The summed E-state index contributed by atoms with van der Waals surface area (Å²) in [5, 5.41) is 4.78. The number of para-hydroxylation sites is 1. The number of benzene rings is 2. The van der Waals surface area contributed by atoms with Crippen LogP contribution in [-0.2, 0) is 13.1 Å². The van der Waals surface area contributed by atoms with Crippen LogP contribution in [0.1, 0.15) is 16.1 Å². The Hall–Kier alpha value is -3.12. The number of hydrogen-bond donors (Lipinski definition) is 0. The van der Waals surface area contributed by atoms with Gasteiger partial charge in [0.25, 0.3) is 11.5 Å². The number of hydrogen-bond acceptors (Lipinski definition) is 4. The minimum absolute atomic E-state index is 0.189. The van der Waals surface area contributed by atoms with E-state index in [2.05, 4.69) is 5.10 Å². The number of ether oxygens (including phenoxy) is 1. The highest BCUT2D eigenvalue weighted by atomic mass is 35.5. The van der Waals surface area contributed by atoms with Crippen molar-refractivity contribution in [2.24, 2.45) is 0 Å². The lowest BCUT2D eigenvalue weighted by Gasteiger charge is -2.18. The largest absolute Gasteiger partial charge is 0.492 e. The van der Waals surface area contributed by atoms with Crippen LogP contribution in [0.5, 0.6) is 5.75 Å². The molecule has 3 rings (SSSR count).